The summed E-state index contributed by atoms with van der Waals surface area (Å²) < 4.78 is 42.5. The van der Waals surface area contributed by atoms with Crippen LogP contribution in [0.2, 0.25) is 0 Å². The SMILES string of the molecule is CCc1ccccc1OCC(CN)C(F)(F)F. The molecular formula is C12H16F3NO. The maximum atomic E-state index is 12.4. The van der Waals surface area contributed by atoms with Gasteiger partial charge in [0, 0.05) is 6.54 Å². The predicted molar refractivity (Wildman–Crippen MR) is 59.9 cm³/mol. The predicted octanol–water partition coefficient (Wildman–Crippen LogP) is 2.76. The number of benzene rings is 1. The van der Waals surface area contributed by atoms with Gasteiger partial charge in [0.25, 0.3) is 0 Å². The standard InChI is InChI=1S/C12H16F3NO/c1-2-9-5-3-4-6-11(9)17-8-10(7-16)12(13,14)15/h3-6,10H,2,7-8,16H2,1H3. The van der Waals surface area contributed by atoms with Gasteiger partial charge >= 0.3 is 6.18 Å². The molecule has 1 aromatic carbocycles. The molecule has 0 aliphatic rings. The summed E-state index contributed by atoms with van der Waals surface area (Å²) in [5.74, 6) is -1.12. The Balaban J connectivity index is 2.66. The van der Waals surface area contributed by atoms with Crippen molar-refractivity contribution in [3.63, 3.8) is 0 Å². The van der Waals surface area contributed by atoms with Crippen molar-refractivity contribution in [2.75, 3.05) is 13.2 Å². The van der Waals surface area contributed by atoms with E-state index >= 15 is 0 Å². The van der Waals surface area contributed by atoms with Crippen LogP contribution < -0.4 is 10.5 Å². The third-order valence-corrected chi connectivity index (χ3v) is 2.54. The molecule has 96 valence electrons. The third-order valence-electron chi connectivity index (χ3n) is 2.54. The highest BCUT2D eigenvalue weighted by Gasteiger charge is 2.39. The topological polar surface area (TPSA) is 35.2 Å². The molecule has 5 heteroatoms. The second-order valence-electron chi connectivity index (χ2n) is 3.75. The summed E-state index contributed by atoms with van der Waals surface area (Å²) in [5.41, 5.74) is 5.99. The number of aryl methyl sites for hydroxylation is 1. The number of rotatable bonds is 5. The van der Waals surface area contributed by atoms with Crippen LogP contribution in [0.25, 0.3) is 0 Å². The van der Waals surface area contributed by atoms with Gasteiger partial charge in [-0.25, -0.2) is 0 Å². The van der Waals surface area contributed by atoms with Crippen LogP contribution in [0, 0.1) is 5.92 Å². The first kappa shape index (κ1) is 13.8. The van der Waals surface area contributed by atoms with Crippen molar-refractivity contribution in [3.05, 3.63) is 29.8 Å². The summed E-state index contributed by atoms with van der Waals surface area (Å²) in [4.78, 5) is 0. The first-order valence-corrected chi connectivity index (χ1v) is 5.46. The summed E-state index contributed by atoms with van der Waals surface area (Å²) in [6.07, 6.45) is -3.59. The van der Waals surface area contributed by atoms with E-state index in [-0.39, 0.29) is 0 Å². The molecule has 2 nitrogen and oxygen atoms in total. The molecule has 0 fully saturated rings. The van der Waals surface area contributed by atoms with Gasteiger partial charge in [0.2, 0.25) is 0 Å². The minimum absolute atomic E-state index is 0.434. The van der Waals surface area contributed by atoms with E-state index in [1.165, 1.54) is 0 Å². The first-order chi connectivity index (χ1) is 7.99. The van der Waals surface area contributed by atoms with Crippen LogP contribution in [0.15, 0.2) is 24.3 Å². The average molecular weight is 247 g/mol. The second-order valence-corrected chi connectivity index (χ2v) is 3.75. The quantitative estimate of drug-likeness (QED) is 0.868. The van der Waals surface area contributed by atoms with Crippen LogP contribution in [0.4, 0.5) is 13.2 Å². The van der Waals surface area contributed by atoms with Crippen molar-refractivity contribution in [2.45, 2.75) is 19.5 Å². The molecule has 1 atom stereocenters. The van der Waals surface area contributed by atoms with E-state index in [1.54, 1.807) is 12.1 Å². The fourth-order valence-electron chi connectivity index (χ4n) is 1.42. The number of hydrogen-bond acceptors (Lipinski definition) is 2. The molecule has 0 saturated heterocycles. The van der Waals surface area contributed by atoms with E-state index in [4.69, 9.17) is 10.5 Å². The molecule has 1 unspecified atom stereocenters. The van der Waals surface area contributed by atoms with Crippen LogP contribution in [0.5, 0.6) is 5.75 Å². The lowest BCUT2D eigenvalue weighted by molar-refractivity contribution is -0.178. The first-order valence-electron chi connectivity index (χ1n) is 5.46. The van der Waals surface area contributed by atoms with Crippen molar-refractivity contribution < 1.29 is 17.9 Å². The second kappa shape index (κ2) is 5.91. The molecule has 0 bridgehead atoms. The van der Waals surface area contributed by atoms with Gasteiger partial charge in [0.15, 0.2) is 0 Å². The summed E-state index contributed by atoms with van der Waals surface area (Å²) >= 11 is 0. The lowest BCUT2D eigenvalue weighted by Crippen LogP contribution is -2.35. The lowest BCUT2D eigenvalue weighted by atomic mass is 10.1. The van der Waals surface area contributed by atoms with Crippen molar-refractivity contribution in [1.29, 1.82) is 0 Å². The van der Waals surface area contributed by atoms with Crippen molar-refractivity contribution in [3.8, 4) is 5.75 Å². The molecule has 0 spiro atoms. The highest BCUT2D eigenvalue weighted by Crippen LogP contribution is 2.27. The normalized spacial score (nSPS) is 13.5. The summed E-state index contributed by atoms with van der Waals surface area (Å²) in [6, 6.07) is 7.07. The zero-order valence-electron chi connectivity index (χ0n) is 9.63. The molecule has 0 amide bonds. The fourth-order valence-corrected chi connectivity index (χ4v) is 1.42. The van der Waals surface area contributed by atoms with E-state index in [9.17, 15) is 13.2 Å². The minimum Gasteiger partial charge on any atom is -0.493 e. The molecule has 1 aromatic rings. The highest BCUT2D eigenvalue weighted by molar-refractivity contribution is 5.33. The van der Waals surface area contributed by atoms with Gasteiger partial charge in [-0.3, -0.25) is 0 Å². The Morgan fingerprint density at radius 3 is 2.47 bits per heavy atom. The molecule has 17 heavy (non-hydrogen) atoms. The van der Waals surface area contributed by atoms with Crippen molar-refractivity contribution in [1.82, 2.24) is 0 Å². The van der Waals surface area contributed by atoms with Gasteiger partial charge < -0.3 is 10.5 Å². The molecule has 0 saturated carbocycles. The van der Waals surface area contributed by atoms with Gasteiger partial charge in [0.1, 0.15) is 18.3 Å². The maximum Gasteiger partial charge on any atom is 0.396 e. The van der Waals surface area contributed by atoms with Crippen LogP contribution in [0.1, 0.15) is 12.5 Å². The molecule has 0 heterocycles. The molecule has 1 rings (SSSR count). The number of nitrogens with two attached hydrogens (primary N) is 1. The number of para-hydroxylation sites is 1. The molecule has 0 aliphatic heterocycles. The van der Waals surface area contributed by atoms with Crippen molar-refractivity contribution in [2.24, 2.45) is 11.7 Å². The van der Waals surface area contributed by atoms with Gasteiger partial charge in [-0.05, 0) is 18.1 Å². The molecule has 0 aliphatic carbocycles. The fraction of sp³-hybridized carbons (Fsp3) is 0.500. The Morgan fingerprint density at radius 2 is 1.94 bits per heavy atom. The van der Waals surface area contributed by atoms with E-state index in [0.29, 0.717) is 5.75 Å². The largest absolute Gasteiger partial charge is 0.493 e. The molecule has 0 aromatic heterocycles. The zero-order valence-corrected chi connectivity index (χ0v) is 9.63. The Hall–Kier alpha value is -1.23. The van der Waals surface area contributed by atoms with Gasteiger partial charge in [-0.1, -0.05) is 25.1 Å². The smallest absolute Gasteiger partial charge is 0.396 e. The summed E-state index contributed by atoms with van der Waals surface area (Å²) in [5, 5.41) is 0. The van der Waals surface area contributed by atoms with Crippen LogP contribution in [0.3, 0.4) is 0 Å². The van der Waals surface area contributed by atoms with Crippen LogP contribution >= 0.6 is 0 Å². The third kappa shape index (κ3) is 3.93. The summed E-state index contributed by atoms with van der Waals surface area (Å²) in [7, 11) is 0. The van der Waals surface area contributed by atoms with E-state index in [1.807, 2.05) is 19.1 Å². The molecule has 0 radical (unpaired) electrons. The molecule has 2 N–H and O–H groups in total. The van der Waals surface area contributed by atoms with Gasteiger partial charge in [-0.15, -0.1) is 0 Å². The summed E-state index contributed by atoms with van der Waals surface area (Å²) in [6.45, 7) is 1.03. The Morgan fingerprint density at radius 1 is 1.29 bits per heavy atom. The number of ether oxygens (including phenoxy) is 1. The monoisotopic (exact) mass is 247 g/mol. The number of halogens is 3. The van der Waals surface area contributed by atoms with E-state index < -0.39 is 25.2 Å². The Bertz CT molecular complexity index is 352. The average Bonchev–Trinajstić information content (AvgIpc) is 2.28. The number of alkyl halides is 3. The molecular weight excluding hydrogens is 231 g/mol. The lowest BCUT2D eigenvalue weighted by Gasteiger charge is -2.19. The van der Waals surface area contributed by atoms with E-state index in [0.717, 1.165) is 12.0 Å². The van der Waals surface area contributed by atoms with Gasteiger partial charge in [0.05, 0.1) is 0 Å². The van der Waals surface area contributed by atoms with Crippen molar-refractivity contribution >= 4 is 0 Å². The maximum absolute atomic E-state index is 12.4. The highest BCUT2D eigenvalue weighted by atomic mass is 19.4. The Kier molecular flexibility index (Phi) is 4.81. The van der Waals surface area contributed by atoms with E-state index in [2.05, 4.69) is 0 Å². The zero-order chi connectivity index (χ0) is 12.9. The number of hydrogen-bond donors (Lipinski definition) is 1. The van der Waals surface area contributed by atoms with Crippen LogP contribution in [-0.4, -0.2) is 19.3 Å². The van der Waals surface area contributed by atoms with Gasteiger partial charge in [-0.2, -0.15) is 13.2 Å². The van der Waals surface area contributed by atoms with Crippen LogP contribution in [-0.2, 0) is 6.42 Å². The Labute approximate surface area is 98.6 Å². The minimum atomic E-state index is -4.31.